The number of carboxylic acids is 1. The lowest BCUT2D eigenvalue weighted by atomic mass is 10.2. The van der Waals surface area contributed by atoms with Crippen molar-refractivity contribution in [3.05, 3.63) is 0 Å². The third-order valence-electron chi connectivity index (χ3n) is 2.07. The maximum absolute atomic E-state index is 11.2. The van der Waals surface area contributed by atoms with Gasteiger partial charge in [-0.15, -0.1) is 0 Å². The molecule has 80 valence electrons. The van der Waals surface area contributed by atoms with E-state index in [9.17, 15) is 9.59 Å². The first kappa shape index (κ1) is 11.0. The van der Waals surface area contributed by atoms with Gasteiger partial charge in [0.25, 0.3) is 5.91 Å². The van der Waals surface area contributed by atoms with Gasteiger partial charge in [0.1, 0.15) is 0 Å². The Balaban J connectivity index is 2.09. The fourth-order valence-corrected chi connectivity index (χ4v) is 1.19. The zero-order valence-corrected chi connectivity index (χ0v) is 8.16. The Hall–Kier alpha value is -1.10. The van der Waals surface area contributed by atoms with E-state index in [4.69, 9.17) is 5.11 Å². The molecule has 5 nitrogen and oxygen atoms in total. The van der Waals surface area contributed by atoms with Crippen LogP contribution in [0.25, 0.3) is 0 Å². The third kappa shape index (κ3) is 2.99. The van der Waals surface area contributed by atoms with Crippen molar-refractivity contribution >= 4 is 11.9 Å². The molecular weight excluding hydrogens is 186 g/mol. The minimum atomic E-state index is -1.07. The Kier molecular flexibility index (Phi) is 3.88. The topological polar surface area (TPSA) is 78.9 Å². The number of hydrogen-bond acceptors (Lipinski definition) is 3. The molecule has 1 heterocycles. The van der Waals surface area contributed by atoms with Gasteiger partial charge in [-0.3, -0.25) is 4.79 Å². The Morgan fingerprint density at radius 2 is 2.07 bits per heavy atom. The van der Waals surface area contributed by atoms with E-state index in [2.05, 4.69) is 17.0 Å². The van der Waals surface area contributed by atoms with Gasteiger partial charge < -0.3 is 15.2 Å². The molecule has 0 aromatic heterocycles. The molecule has 1 aliphatic heterocycles. The Morgan fingerprint density at radius 3 is 2.57 bits per heavy atom. The number of aliphatic carboxylic acids is 1. The van der Waals surface area contributed by atoms with E-state index in [0.717, 1.165) is 19.3 Å². The number of carbonyl (C=O) groups excluding carboxylic acids is 1. The van der Waals surface area contributed by atoms with Crippen LogP contribution in [0.2, 0.25) is 0 Å². The molecule has 1 amide bonds. The molecule has 1 saturated heterocycles. The first-order valence-corrected chi connectivity index (χ1v) is 4.82. The number of amides is 1. The SMILES string of the molecule is CCCCCNC(=O)[C@H]1O[C@@H]1C(=O)O. The predicted octanol–water partition coefficient (Wildman–Crippen LogP) is 0.145. The average molecular weight is 201 g/mol. The van der Waals surface area contributed by atoms with Gasteiger partial charge in [-0.1, -0.05) is 19.8 Å². The molecule has 0 aliphatic carbocycles. The highest BCUT2D eigenvalue weighted by Crippen LogP contribution is 2.21. The van der Waals surface area contributed by atoms with Gasteiger partial charge in [-0.25, -0.2) is 4.79 Å². The van der Waals surface area contributed by atoms with Crippen LogP contribution in [0.3, 0.4) is 0 Å². The highest BCUT2D eigenvalue weighted by atomic mass is 16.6. The van der Waals surface area contributed by atoms with Crippen LogP contribution in [-0.2, 0) is 14.3 Å². The summed E-state index contributed by atoms with van der Waals surface area (Å²) in [6.07, 6.45) is 1.38. The lowest BCUT2D eigenvalue weighted by Gasteiger charge is -2.00. The summed E-state index contributed by atoms with van der Waals surface area (Å²) in [7, 11) is 0. The molecule has 1 fully saturated rings. The van der Waals surface area contributed by atoms with Gasteiger partial charge in [0, 0.05) is 6.54 Å². The number of epoxide rings is 1. The van der Waals surface area contributed by atoms with Crippen LogP contribution in [0, 0.1) is 0 Å². The summed E-state index contributed by atoms with van der Waals surface area (Å²) in [6.45, 7) is 2.67. The molecule has 0 aromatic rings. The van der Waals surface area contributed by atoms with E-state index in [0.29, 0.717) is 6.54 Å². The standard InChI is InChI=1S/C9H15NO4/c1-2-3-4-5-10-8(11)6-7(14-6)9(12)13/h6-7H,2-5H2,1H3,(H,10,11)(H,12,13)/t6-,7-/m0/s1. The molecular formula is C9H15NO4. The molecule has 0 radical (unpaired) electrons. The molecule has 0 bridgehead atoms. The molecule has 2 N–H and O–H groups in total. The molecule has 0 saturated carbocycles. The van der Waals surface area contributed by atoms with E-state index >= 15 is 0 Å². The molecule has 0 unspecified atom stereocenters. The summed E-state index contributed by atoms with van der Waals surface area (Å²) >= 11 is 0. The van der Waals surface area contributed by atoms with Crippen molar-refractivity contribution in [3.8, 4) is 0 Å². The van der Waals surface area contributed by atoms with Crippen molar-refractivity contribution < 1.29 is 19.4 Å². The van der Waals surface area contributed by atoms with Crippen LogP contribution in [0.15, 0.2) is 0 Å². The van der Waals surface area contributed by atoms with Gasteiger partial charge in [0.2, 0.25) is 0 Å². The van der Waals surface area contributed by atoms with Gasteiger partial charge in [0.05, 0.1) is 0 Å². The van der Waals surface area contributed by atoms with E-state index in [1.54, 1.807) is 0 Å². The number of ether oxygens (including phenoxy) is 1. The van der Waals surface area contributed by atoms with Crippen LogP contribution in [0.1, 0.15) is 26.2 Å². The number of unbranched alkanes of at least 4 members (excludes halogenated alkanes) is 2. The number of rotatable bonds is 6. The second-order valence-corrected chi connectivity index (χ2v) is 3.31. The van der Waals surface area contributed by atoms with Gasteiger partial charge in [-0.05, 0) is 6.42 Å². The fourth-order valence-electron chi connectivity index (χ4n) is 1.19. The van der Waals surface area contributed by atoms with Crippen molar-refractivity contribution in [3.63, 3.8) is 0 Å². The van der Waals surface area contributed by atoms with Crippen molar-refractivity contribution in [1.29, 1.82) is 0 Å². The van der Waals surface area contributed by atoms with E-state index in [-0.39, 0.29) is 5.91 Å². The first-order chi connectivity index (χ1) is 6.66. The van der Waals surface area contributed by atoms with Crippen molar-refractivity contribution in [1.82, 2.24) is 5.32 Å². The van der Waals surface area contributed by atoms with E-state index in [1.165, 1.54) is 0 Å². The number of carboxylic acid groups (broad SMARTS) is 1. The minimum absolute atomic E-state index is 0.312. The monoisotopic (exact) mass is 201 g/mol. The van der Waals surface area contributed by atoms with Crippen LogP contribution in [0.5, 0.6) is 0 Å². The summed E-state index contributed by atoms with van der Waals surface area (Å²) in [4.78, 5) is 21.5. The van der Waals surface area contributed by atoms with Crippen LogP contribution in [0.4, 0.5) is 0 Å². The van der Waals surface area contributed by atoms with Crippen LogP contribution in [-0.4, -0.2) is 35.7 Å². The second-order valence-electron chi connectivity index (χ2n) is 3.31. The Bertz CT molecular complexity index is 229. The third-order valence-corrected chi connectivity index (χ3v) is 2.07. The highest BCUT2D eigenvalue weighted by Gasteiger charge is 2.50. The van der Waals surface area contributed by atoms with E-state index in [1.807, 2.05) is 0 Å². The number of carbonyl (C=O) groups is 2. The lowest BCUT2D eigenvalue weighted by Crippen LogP contribution is -2.31. The number of hydrogen-bond donors (Lipinski definition) is 2. The molecule has 1 rings (SSSR count). The first-order valence-electron chi connectivity index (χ1n) is 4.82. The average Bonchev–Trinajstić information content (AvgIpc) is 2.91. The van der Waals surface area contributed by atoms with Crippen molar-refractivity contribution in [2.24, 2.45) is 0 Å². The van der Waals surface area contributed by atoms with Crippen molar-refractivity contribution in [2.45, 2.75) is 38.4 Å². The summed E-state index contributed by atoms with van der Waals surface area (Å²) in [5.74, 6) is -1.38. The van der Waals surface area contributed by atoms with Gasteiger partial charge in [-0.2, -0.15) is 0 Å². The maximum Gasteiger partial charge on any atom is 0.336 e. The second kappa shape index (κ2) is 4.95. The number of nitrogens with one attached hydrogen (secondary N) is 1. The zero-order chi connectivity index (χ0) is 10.6. The minimum Gasteiger partial charge on any atom is -0.479 e. The normalized spacial score (nSPS) is 24.4. The summed E-state index contributed by atoms with van der Waals surface area (Å²) < 4.78 is 4.69. The summed E-state index contributed by atoms with van der Waals surface area (Å²) in [5, 5.41) is 11.1. The molecule has 5 heteroatoms. The predicted molar refractivity (Wildman–Crippen MR) is 48.8 cm³/mol. The Labute approximate surface area is 82.4 Å². The molecule has 14 heavy (non-hydrogen) atoms. The van der Waals surface area contributed by atoms with Gasteiger partial charge >= 0.3 is 5.97 Å². The quantitative estimate of drug-likeness (QED) is 0.473. The Morgan fingerprint density at radius 1 is 1.36 bits per heavy atom. The van der Waals surface area contributed by atoms with Gasteiger partial charge in [0.15, 0.2) is 12.2 Å². The molecule has 0 spiro atoms. The van der Waals surface area contributed by atoms with E-state index < -0.39 is 18.2 Å². The van der Waals surface area contributed by atoms with Crippen LogP contribution < -0.4 is 5.32 Å². The molecule has 2 atom stereocenters. The maximum atomic E-state index is 11.2. The summed E-state index contributed by atoms with van der Waals surface area (Å²) in [6, 6.07) is 0. The van der Waals surface area contributed by atoms with Crippen LogP contribution >= 0.6 is 0 Å². The lowest BCUT2D eigenvalue weighted by molar-refractivity contribution is -0.138. The molecule has 1 aliphatic rings. The van der Waals surface area contributed by atoms with Crippen molar-refractivity contribution in [2.75, 3.05) is 6.54 Å². The smallest absolute Gasteiger partial charge is 0.336 e. The molecule has 0 aromatic carbocycles. The highest BCUT2D eigenvalue weighted by molar-refractivity contribution is 5.91. The largest absolute Gasteiger partial charge is 0.479 e. The fraction of sp³-hybridized carbons (Fsp3) is 0.778. The summed E-state index contributed by atoms with van der Waals surface area (Å²) in [5.41, 5.74) is 0. The zero-order valence-electron chi connectivity index (χ0n) is 8.16.